The Morgan fingerprint density at radius 2 is 1.61 bits per heavy atom. The van der Waals surface area contributed by atoms with Crippen molar-refractivity contribution in [2.24, 2.45) is 0 Å². The van der Waals surface area contributed by atoms with E-state index in [2.05, 4.69) is 9.97 Å². The summed E-state index contributed by atoms with van der Waals surface area (Å²) in [5, 5.41) is 4.81. The number of fused-ring (bicyclic) bond motifs is 1. The number of rotatable bonds is 5. The van der Waals surface area contributed by atoms with Gasteiger partial charge in [0, 0.05) is 23.4 Å². The SMILES string of the molecule is COc1ccc(-c2c(C)nc3ccc(-c4ccc(OC)c(OC)c4)nn23)cn1. The van der Waals surface area contributed by atoms with Crippen LogP contribution in [-0.2, 0) is 0 Å². The predicted molar refractivity (Wildman–Crippen MR) is 106 cm³/mol. The maximum atomic E-state index is 5.41. The lowest BCUT2D eigenvalue weighted by Crippen LogP contribution is -1.98. The van der Waals surface area contributed by atoms with E-state index in [1.165, 1.54) is 0 Å². The molecule has 0 radical (unpaired) electrons. The van der Waals surface area contributed by atoms with Crippen molar-refractivity contribution >= 4 is 5.65 Å². The standard InChI is InChI=1S/C21H20N4O3/c1-13-21(15-6-10-20(28-4)22-12-15)25-19(23-13)9-7-16(24-25)14-5-8-17(26-2)18(11-14)27-3/h5-12H,1-4H3. The predicted octanol–water partition coefficient (Wildman–Crippen LogP) is 3.79. The van der Waals surface area contributed by atoms with E-state index in [0.29, 0.717) is 17.4 Å². The Morgan fingerprint density at radius 1 is 0.821 bits per heavy atom. The molecule has 0 saturated heterocycles. The number of benzene rings is 1. The zero-order valence-corrected chi connectivity index (χ0v) is 16.1. The van der Waals surface area contributed by atoms with E-state index in [9.17, 15) is 0 Å². The molecule has 0 aliphatic heterocycles. The van der Waals surface area contributed by atoms with E-state index in [4.69, 9.17) is 19.3 Å². The fourth-order valence-electron chi connectivity index (χ4n) is 3.17. The van der Waals surface area contributed by atoms with Gasteiger partial charge in [-0.1, -0.05) is 0 Å². The van der Waals surface area contributed by atoms with Gasteiger partial charge in [-0.2, -0.15) is 5.10 Å². The molecule has 0 aliphatic rings. The smallest absolute Gasteiger partial charge is 0.212 e. The van der Waals surface area contributed by atoms with E-state index in [1.807, 2.05) is 53.9 Å². The van der Waals surface area contributed by atoms with Gasteiger partial charge in [-0.3, -0.25) is 0 Å². The van der Waals surface area contributed by atoms with Crippen molar-refractivity contribution in [2.45, 2.75) is 6.92 Å². The Morgan fingerprint density at radius 3 is 2.29 bits per heavy atom. The molecular formula is C21H20N4O3. The van der Waals surface area contributed by atoms with Crippen LogP contribution in [0.3, 0.4) is 0 Å². The first-order valence-corrected chi connectivity index (χ1v) is 8.74. The normalized spacial score (nSPS) is 10.9. The fourth-order valence-corrected chi connectivity index (χ4v) is 3.17. The minimum absolute atomic E-state index is 0.564. The van der Waals surface area contributed by atoms with Crippen LogP contribution in [-0.4, -0.2) is 40.9 Å². The van der Waals surface area contributed by atoms with Crippen molar-refractivity contribution in [3.8, 4) is 39.9 Å². The molecule has 0 N–H and O–H groups in total. The molecule has 7 heteroatoms. The number of hydrogen-bond acceptors (Lipinski definition) is 6. The lowest BCUT2D eigenvalue weighted by Gasteiger charge is -2.10. The molecule has 4 rings (SSSR count). The molecule has 0 aliphatic carbocycles. The van der Waals surface area contributed by atoms with Crippen molar-refractivity contribution in [1.82, 2.24) is 19.6 Å². The Hall–Kier alpha value is -3.61. The highest BCUT2D eigenvalue weighted by atomic mass is 16.5. The minimum atomic E-state index is 0.564. The Bertz CT molecular complexity index is 1140. The lowest BCUT2D eigenvalue weighted by atomic mass is 10.1. The molecule has 7 nitrogen and oxygen atoms in total. The third-order valence-electron chi connectivity index (χ3n) is 4.55. The minimum Gasteiger partial charge on any atom is -0.493 e. The van der Waals surface area contributed by atoms with Crippen LogP contribution in [0.15, 0.2) is 48.7 Å². The van der Waals surface area contributed by atoms with Crippen molar-refractivity contribution in [3.05, 3.63) is 54.4 Å². The summed E-state index contributed by atoms with van der Waals surface area (Å²) in [6.07, 6.45) is 1.76. The monoisotopic (exact) mass is 376 g/mol. The van der Waals surface area contributed by atoms with Crippen LogP contribution in [0.4, 0.5) is 0 Å². The molecular weight excluding hydrogens is 356 g/mol. The second-order valence-corrected chi connectivity index (χ2v) is 6.19. The molecule has 3 heterocycles. The van der Waals surface area contributed by atoms with E-state index in [-0.39, 0.29) is 0 Å². The Kier molecular flexibility index (Phi) is 4.57. The van der Waals surface area contributed by atoms with E-state index in [1.54, 1.807) is 27.5 Å². The molecule has 3 aromatic heterocycles. The fraction of sp³-hybridized carbons (Fsp3) is 0.190. The van der Waals surface area contributed by atoms with Gasteiger partial charge in [0.05, 0.1) is 38.4 Å². The first-order chi connectivity index (χ1) is 13.6. The van der Waals surface area contributed by atoms with Gasteiger partial charge in [-0.05, 0) is 43.3 Å². The molecule has 0 bridgehead atoms. The molecule has 1 aromatic carbocycles. The van der Waals surface area contributed by atoms with Crippen LogP contribution in [0.25, 0.3) is 28.2 Å². The summed E-state index contributed by atoms with van der Waals surface area (Å²) in [5.74, 6) is 1.90. The van der Waals surface area contributed by atoms with Crippen molar-refractivity contribution < 1.29 is 14.2 Å². The number of aryl methyl sites for hydroxylation is 1. The molecule has 0 fully saturated rings. The van der Waals surface area contributed by atoms with Crippen LogP contribution in [0, 0.1) is 6.92 Å². The molecule has 0 unspecified atom stereocenters. The second-order valence-electron chi connectivity index (χ2n) is 6.19. The molecule has 0 spiro atoms. The van der Waals surface area contributed by atoms with Crippen molar-refractivity contribution in [3.63, 3.8) is 0 Å². The maximum Gasteiger partial charge on any atom is 0.212 e. The summed E-state index contributed by atoms with van der Waals surface area (Å²) >= 11 is 0. The van der Waals surface area contributed by atoms with Crippen LogP contribution in [0.2, 0.25) is 0 Å². The number of ether oxygens (including phenoxy) is 3. The number of imidazole rings is 1. The van der Waals surface area contributed by atoms with E-state index < -0.39 is 0 Å². The average Bonchev–Trinajstić information content (AvgIpc) is 3.08. The number of nitrogens with zero attached hydrogens (tertiary/aromatic N) is 4. The average molecular weight is 376 g/mol. The van der Waals surface area contributed by atoms with E-state index in [0.717, 1.165) is 33.9 Å². The quantitative estimate of drug-likeness (QED) is 0.528. The van der Waals surface area contributed by atoms with Crippen LogP contribution >= 0.6 is 0 Å². The maximum absolute atomic E-state index is 5.41. The second kappa shape index (κ2) is 7.19. The van der Waals surface area contributed by atoms with Gasteiger partial charge in [0.25, 0.3) is 0 Å². The summed E-state index contributed by atoms with van der Waals surface area (Å²) in [4.78, 5) is 8.93. The third kappa shape index (κ3) is 3.00. The van der Waals surface area contributed by atoms with Gasteiger partial charge in [0.15, 0.2) is 17.1 Å². The molecule has 0 saturated carbocycles. The summed E-state index contributed by atoms with van der Waals surface area (Å²) in [7, 11) is 4.83. The first-order valence-electron chi connectivity index (χ1n) is 8.74. The van der Waals surface area contributed by atoms with Crippen molar-refractivity contribution in [2.75, 3.05) is 21.3 Å². The molecule has 142 valence electrons. The van der Waals surface area contributed by atoms with Gasteiger partial charge in [0.2, 0.25) is 5.88 Å². The van der Waals surface area contributed by atoms with Gasteiger partial charge < -0.3 is 14.2 Å². The van der Waals surface area contributed by atoms with Gasteiger partial charge in [-0.15, -0.1) is 0 Å². The summed E-state index contributed by atoms with van der Waals surface area (Å²) < 4.78 is 17.7. The van der Waals surface area contributed by atoms with Crippen LogP contribution in [0.5, 0.6) is 17.4 Å². The number of pyridine rings is 1. The van der Waals surface area contributed by atoms with Crippen LogP contribution < -0.4 is 14.2 Å². The highest BCUT2D eigenvalue weighted by molar-refractivity contribution is 5.69. The van der Waals surface area contributed by atoms with Crippen LogP contribution in [0.1, 0.15) is 5.69 Å². The largest absolute Gasteiger partial charge is 0.493 e. The number of aromatic nitrogens is 4. The zero-order chi connectivity index (χ0) is 19.7. The van der Waals surface area contributed by atoms with Crippen molar-refractivity contribution in [1.29, 1.82) is 0 Å². The van der Waals surface area contributed by atoms with E-state index >= 15 is 0 Å². The van der Waals surface area contributed by atoms with Gasteiger partial charge in [-0.25, -0.2) is 14.5 Å². The number of hydrogen-bond donors (Lipinski definition) is 0. The molecule has 4 aromatic rings. The lowest BCUT2D eigenvalue weighted by molar-refractivity contribution is 0.355. The highest BCUT2D eigenvalue weighted by Crippen LogP contribution is 2.32. The Balaban J connectivity index is 1.84. The molecule has 28 heavy (non-hydrogen) atoms. The summed E-state index contributed by atoms with van der Waals surface area (Å²) in [6, 6.07) is 13.4. The Labute approximate surface area is 162 Å². The topological polar surface area (TPSA) is 70.8 Å². The number of methoxy groups -OCH3 is 3. The molecule has 0 atom stereocenters. The summed E-state index contributed by atoms with van der Waals surface area (Å²) in [5.41, 5.74) is 5.19. The first kappa shape index (κ1) is 17.8. The summed E-state index contributed by atoms with van der Waals surface area (Å²) in [6.45, 7) is 1.96. The zero-order valence-electron chi connectivity index (χ0n) is 16.1. The van der Waals surface area contributed by atoms with Gasteiger partial charge in [0.1, 0.15) is 0 Å². The molecule has 0 amide bonds. The highest BCUT2D eigenvalue weighted by Gasteiger charge is 2.15. The van der Waals surface area contributed by atoms with Gasteiger partial charge >= 0.3 is 0 Å². The third-order valence-corrected chi connectivity index (χ3v) is 4.55.